The van der Waals surface area contributed by atoms with Crippen LogP contribution in [0.3, 0.4) is 0 Å². The lowest BCUT2D eigenvalue weighted by atomic mass is 9.70. The van der Waals surface area contributed by atoms with Gasteiger partial charge in [-0.1, -0.05) is 11.6 Å². The number of hydrogen-bond donors (Lipinski definition) is 1. The van der Waals surface area contributed by atoms with Gasteiger partial charge in [-0.3, -0.25) is 4.92 Å². The summed E-state index contributed by atoms with van der Waals surface area (Å²) >= 11 is 6.03. The fourth-order valence-corrected chi connectivity index (χ4v) is 2.30. The van der Waals surface area contributed by atoms with Crippen molar-refractivity contribution in [2.45, 2.75) is 0 Å². The van der Waals surface area contributed by atoms with Crippen LogP contribution in [-0.4, -0.2) is 23.3 Å². The van der Waals surface area contributed by atoms with E-state index in [2.05, 4.69) is 10.1 Å². The first kappa shape index (κ1) is 12.7. The van der Waals surface area contributed by atoms with Crippen molar-refractivity contribution in [1.82, 2.24) is 4.98 Å². The average molecular weight is 282 g/mol. The molecule has 96 valence electrons. The number of benzene rings is 1. The minimum Gasteiger partial charge on any atom is -0.427 e. The lowest BCUT2D eigenvalue weighted by Crippen LogP contribution is -2.51. The van der Waals surface area contributed by atoms with Crippen LogP contribution >= 0.6 is 11.6 Å². The minimum absolute atomic E-state index is 0.250. The van der Waals surface area contributed by atoms with E-state index in [0.717, 1.165) is 5.56 Å². The zero-order valence-electron chi connectivity index (χ0n) is 10.2. The van der Waals surface area contributed by atoms with Crippen molar-refractivity contribution >= 4 is 36.0 Å². The van der Waals surface area contributed by atoms with Gasteiger partial charge in [0.2, 0.25) is 0 Å². The fraction of sp³-hybridized carbons (Fsp3) is 0. The highest BCUT2D eigenvalue weighted by Gasteiger charge is 2.32. The van der Waals surface area contributed by atoms with Gasteiger partial charge in [-0.15, -0.1) is 0 Å². The maximum absolute atomic E-state index is 10.4. The predicted molar refractivity (Wildman–Crippen MR) is 78.1 cm³/mol. The van der Waals surface area contributed by atoms with E-state index in [1.54, 1.807) is 42.7 Å². The van der Waals surface area contributed by atoms with Crippen LogP contribution in [0.4, 0.5) is 5.69 Å². The second-order valence-corrected chi connectivity index (χ2v) is 4.58. The number of anilines is 1. The molecule has 0 bridgehead atoms. The Morgan fingerprint density at radius 2 is 2.00 bits per heavy atom. The molecule has 1 aliphatic heterocycles. The highest BCUT2D eigenvalue weighted by atomic mass is 35.5. The molecule has 1 aromatic carbocycles. The first-order chi connectivity index (χ1) is 9.70. The number of aromatic nitrogens is 1. The molecule has 5 nitrogen and oxygen atoms in total. The van der Waals surface area contributed by atoms with Gasteiger partial charge in [0, 0.05) is 17.3 Å². The van der Waals surface area contributed by atoms with Crippen LogP contribution in [0.15, 0.2) is 41.6 Å². The lowest BCUT2D eigenvalue weighted by molar-refractivity contribution is 0.578. The molecule has 7 heteroatoms. The Bertz CT molecular complexity index is 726. The van der Waals surface area contributed by atoms with Crippen molar-refractivity contribution in [3.63, 3.8) is 0 Å². The van der Waals surface area contributed by atoms with Gasteiger partial charge in [-0.05, 0) is 35.9 Å². The second kappa shape index (κ2) is 4.97. The molecule has 0 amide bonds. The lowest BCUT2D eigenvalue weighted by Gasteiger charge is -2.26. The molecule has 0 aliphatic carbocycles. The van der Waals surface area contributed by atoms with Crippen LogP contribution in [0.2, 0.25) is 5.15 Å². The molecule has 20 heavy (non-hydrogen) atoms. The summed E-state index contributed by atoms with van der Waals surface area (Å²) in [7, 11) is -1.01. The quantitative estimate of drug-likeness (QED) is 0.629. The number of pyridine rings is 1. The summed E-state index contributed by atoms with van der Waals surface area (Å²) in [6.45, 7) is 0. The Hall–Kier alpha value is -2.36. The van der Waals surface area contributed by atoms with Gasteiger partial charge in [-0.25, -0.2) is 4.98 Å². The largest absolute Gasteiger partial charge is 0.474 e. The van der Waals surface area contributed by atoms with Crippen molar-refractivity contribution in [1.29, 1.82) is 5.26 Å². The summed E-state index contributed by atoms with van der Waals surface area (Å²) in [5.41, 5.74) is 2.47. The van der Waals surface area contributed by atoms with E-state index < -0.39 is 7.05 Å². The first-order valence-electron chi connectivity index (χ1n) is 5.86. The van der Waals surface area contributed by atoms with E-state index in [4.69, 9.17) is 16.9 Å². The molecule has 0 saturated carbocycles. The van der Waals surface area contributed by atoms with Crippen molar-refractivity contribution in [2.24, 2.45) is 5.10 Å². The Balaban J connectivity index is 2.01. The zero-order chi connectivity index (χ0) is 14.1. The monoisotopic (exact) mass is 282 g/mol. The van der Waals surface area contributed by atoms with Crippen LogP contribution < -0.4 is 10.4 Å². The van der Waals surface area contributed by atoms with Crippen molar-refractivity contribution in [3.05, 3.63) is 52.8 Å². The molecule has 0 fully saturated rings. The molecule has 2 heterocycles. The Labute approximate surface area is 120 Å². The van der Waals surface area contributed by atoms with Gasteiger partial charge in [0.15, 0.2) is 0 Å². The van der Waals surface area contributed by atoms with Gasteiger partial charge in [0.25, 0.3) is 0 Å². The van der Waals surface area contributed by atoms with E-state index in [1.165, 1.54) is 4.92 Å². The molecular weight excluding hydrogens is 274 g/mol. The third-order valence-electron chi connectivity index (χ3n) is 3.05. The van der Waals surface area contributed by atoms with Crippen molar-refractivity contribution in [2.75, 3.05) is 4.92 Å². The van der Waals surface area contributed by atoms with E-state index in [0.29, 0.717) is 16.7 Å². The molecule has 0 unspecified atom stereocenters. The van der Waals surface area contributed by atoms with Crippen LogP contribution in [0.25, 0.3) is 0 Å². The average Bonchev–Trinajstić information content (AvgIpc) is 2.48. The number of nitrogens with zero attached hydrogens (tertiary/aromatic N) is 4. The second-order valence-electron chi connectivity index (χ2n) is 4.23. The molecule has 3 rings (SSSR count). The Kier molecular flexibility index (Phi) is 3.14. The van der Waals surface area contributed by atoms with Gasteiger partial charge < -0.3 is 5.02 Å². The van der Waals surface area contributed by atoms with Crippen LogP contribution in [0, 0.1) is 11.3 Å². The molecule has 2 aromatic rings. The summed E-state index contributed by atoms with van der Waals surface area (Å²) in [6, 6.07) is 10.5. The normalized spacial score (nSPS) is 13.1. The zero-order valence-corrected chi connectivity index (χ0v) is 11.0. The highest BCUT2D eigenvalue weighted by Crippen LogP contribution is 2.20. The molecule has 1 aliphatic rings. The van der Waals surface area contributed by atoms with Gasteiger partial charge >= 0.3 is 7.05 Å². The topological polar surface area (TPSA) is 72.5 Å². The van der Waals surface area contributed by atoms with Gasteiger partial charge in [0.1, 0.15) is 5.15 Å². The summed E-state index contributed by atoms with van der Waals surface area (Å²) in [6.07, 6.45) is 3.19. The SMILES string of the molecule is N#Cc1ccc(N2N=Cc3ccnc(Cl)c3B2O)cc1. The number of hydrazone groups is 1. The van der Waals surface area contributed by atoms with Crippen LogP contribution in [-0.2, 0) is 0 Å². The third kappa shape index (κ3) is 2.03. The van der Waals surface area contributed by atoms with Crippen LogP contribution in [0.5, 0.6) is 0 Å². The minimum atomic E-state index is -1.01. The van der Waals surface area contributed by atoms with E-state index in [1.807, 2.05) is 6.07 Å². The maximum atomic E-state index is 10.4. The highest BCUT2D eigenvalue weighted by molar-refractivity contribution is 6.74. The molecular formula is C13H8BClN4O. The molecule has 0 atom stereocenters. The summed E-state index contributed by atoms with van der Waals surface area (Å²) < 4.78 is 0. The smallest absolute Gasteiger partial charge is 0.427 e. The number of hydrogen-bond acceptors (Lipinski definition) is 5. The van der Waals surface area contributed by atoms with E-state index in [9.17, 15) is 5.02 Å². The van der Waals surface area contributed by atoms with Gasteiger partial charge in [-0.2, -0.15) is 10.4 Å². The summed E-state index contributed by atoms with van der Waals surface area (Å²) in [5, 5.41) is 23.7. The van der Waals surface area contributed by atoms with E-state index >= 15 is 0 Å². The summed E-state index contributed by atoms with van der Waals surface area (Å²) in [5.74, 6) is 0. The van der Waals surface area contributed by atoms with Gasteiger partial charge in [0.05, 0.1) is 17.8 Å². The van der Waals surface area contributed by atoms with Crippen molar-refractivity contribution < 1.29 is 5.02 Å². The number of nitriles is 1. The standard InChI is InChI=1S/C13H8BClN4O/c15-13-12-10(5-6-17-13)8-18-19(14(12)20)11-3-1-9(7-16)2-4-11/h1-6,8,20H. The number of fused-ring (bicyclic) bond motifs is 1. The first-order valence-corrected chi connectivity index (χ1v) is 6.24. The molecule has 0 saturated heterocycles. The Morgan fingerprint density at radius 1 is 1.25 bits per heavy atom. The fourth-order valence-electron chi connectivity index (χ4n) is 2.04. The van der Waals surface area contributed by atoms with E-state index in [-0.39, 0.29) is 5.15 Å². The number of rotatable bonds is 1. The predicted octanol–water partition coefficient (Wildman–Crippen LogP) is 1.15. The molecule has 1 aromatic heterocycles. The molecule has 0 radical (unpaired) electrons. The summed E-state index contributed by atoms with van der Waals surface area (Å²) in [4.78, 5) is 5.40. The molecule has 1 N–H and O–H groups in total. The number of halogens is 1. The van der Waals surface area contributed by atoms with Crippen LogP contribution in [0.1, 0.15) is 11.1 Å². The third-order valence-corrected chi connectivity index (χ3v) is 3.35. The van der Waals surface area contributed by atoms with Crippen molar-refractivity contribution in [3.8, 4) is 6.07 Å². The maximum Gasteiger partial charge on any atom is 0.474 e. The molecule has 0 spiro atoms. The Morgan fingerprint density at radius 3 is 2.70 bits per heavy atom.